The third-order valence-electron chi connectivity index (χ3n) is 5.01. The second kappa shape index (κ2) is 8.34. The maximum Gasteiger partial charge on any atom is 0.416 e. The van der Waals surface area contributed by atoms with E-state index < -0.39 is 17.7 Å². The largest absolute Gasteiger partial charge is 0.487 e. The summed E-state index contributed by atoms with van der Waals surface area (Å²) in [7, 11) is 1.72. The standard InChI is InChI=1S/C22H17BrF3N3O3/c1-28-18(20(23)21(27-28)14-2-5-15(6-3-14)22(24,25)26)12-32-16-7-4-13-8-9-29(11-19(30)31)17(13)10-16/h2-10H,11-12H2,1H3,(H,30,31). The van der Waals surface area contributed by atoms with E-state index in [-0.39, 0.29) is 13.2 Å². The van der Waals surface area contributed by atoms with Crippen LogP contribution in [0.5, 0.6) is 5.75 Å². The zero-order chi connectivity index (χ0) is 23.0. The number of rotatable bonds is 6. The Bertz CT molecular complexity index is 1290. The molecule has 0 aliphatic carbocycles. The van der Waals surface area contributed by atoms with Crippen LogP contribution in [0.15, 0.2) is 59.2 Å². The molecule has 2 aromatic carbocycles. The number of ether oxygens (including phenoxy) is 1. The third kappa shape index (κ3) is 4.36. The number of hydrogen-bond donors (Lipinski definition) is 1. The van der Waals surface area contributed by atoms with E-state index in [0.717, 1.165) is 23.0 Å². The van der Waals surface area contributed by atoms with Crippen molar-refractivity contribution >= 4 is 32.8 Å². The Morgan fingerprint density at radius 1 is 1.16 bits per heavy atom. The second-order valence-corrected chi connectivity index (χ2v) is 7.95. The lowest BCUT2D eigenvalue weighted by molar-refractivity contribution is -0.138. The summed E-state index contributed by atoms with van der Waals surface area (Å²) in [5, 5.41) is 14.4. The zero-order valence-corrected chi connectivity index (χ0v) is 18.3. The first-order valence-electron chi connectivity index (χ1n) is 9.46. The summed E-state index contributed by atoms with van der Waals surface area (Å²) < 4.78 is 48.2. The molecule has 0 unspecified atom stereocenters. The molecule has 6 nitrogen and oxygen atoms in total. The lowest BCUT2D eigenvalue weighted by atomic mass is 10.1. The van der Waals surface area contributed by atoms with Gasteiger partial charge < -0.3 is 14.4 Å². The first kappa shape index (κ1) is 21.9. The smallest absolute Gasteiger partial charge is 0.416 e. The van der Waals surface area contributed by atoms with Crippen LogP contribution in [0.1, 0.15) is 11.3 Å². The van der Waals surface area contributed by atoms with Gasteiger partial charge in [-0.2, -0.15) is 18.3 Å². The van der Waals surface area contributed by atoms with Crippen molar-refractivity contribution in [2.24, 2.45) is 7.05 Å². The fourth-order valence-corrected chi connectivity index (χ4v) is 4.06. The first-order chi connectivity index (χ1) is 15.1. The van der Waals surface area contributed by atoms with Gasteiger partial charge in [0.2, 0.25) is 0 Å². The van der Waals surface area contributed by atoms with E-state index in [4.69, 9.17) is 9.84 Å². The minimum atomic E-state index is -4.40. The quantitative estimate of drug-likeness (QED) is 0.374. The molecule has 1 N–H and O–H groups in total. The average molecular weight is 508 g/mol. The Balaban J connectivity index is 1.56. The molecule has 0 bridgehead atoms. The van der Waals surface area contributed by atoms with E-state index >= 15 is 0 Å². The molecule has 0 radical (unpaired) electrons. The molecule has 2 aromatic heterocycles. The number of carbonyl (C=O) groups is 1. The number of aromatic nitrogens is 3. The van der Waals surface area contributed by atoms with Crippen molar-refractivity contribution in [2.75, 3.05) is 0 Å². The molecule has 4 aromatic rings. The lowest BCUT2D eigenvalue weighted by Gasteiger charge is -2.09. The van der Waals surface area contributed by atoms with Gasteiger partial charge >= 0.3 is 12.1 Å². The van der Waals surface area contributed by atoms with E-state index in [1.54, 1.807) is 34.6 Å². The molecule has 4 rings (SSSR count). The van der Waals surface area contributed by atoms with E-state index in [2.05, 4.69) is 21.0 Å². The molecule has 10 heteroatoms. The Kier molecular flexibility index (Phi) is 5.72. The highest BCUT2D eigenvalue weighted by Crippen LogP contribution is 2.34. The van der Waals surface area contributed by atoms with Gasteiger partial charge in [0.05, 0.1) is 21.2 Å². The fraction of sp³-hybridized carbons (Fsp3) is 0.182. The number of aryl methyl sites for hydroxylation is 1. The summed E-state index contributed by atoms with van der Waals surface area (Å²) in [4.78, 5) is 11.0. The van der Waals surface area contributed by atoms with Crippen molar-refractivity contribution in [3.05, 3.63) is 70.5 Å². The number of halogens is 4. The summed E-state index contributed by atoms with van der Waals surface area (Å²) in [6, 6.07) is 12.0. The average Bonchev–Trinajstić information content (AvgIpc) is 3.25. The van der Waals surface area contributed by atoms with E-state index in [1.807, 2.05) is 12.1 Å². The van der Waals surface area contributed by atoms with Crippen LogP contribution < -0.4 is 4.74 Å². The van der Waals surface area contributed by atoms with Crippen LogP contribution in [0.25, 0.3) is 22.2 Å². The van der Waals surface area contributed by atoms with Gasteiger partial charge in [-0.15, -0.1) is 0 Å². The monoisotopic (exact) mass is 507 g/mol. The molecule has 0 fully saturated rings. The van der Waals surface area contributed by atoms with Crippen molar-refractivity contribution in [3.63, 3.8) is 0 Å². The summed E-state index contributed by atoms with van der Waals surface area (Å²) in [5.74, 6) is -0.393. The van der Waals surface area contributed by atoms with E-state index in [9.17, 15) is 18.0 Å². The molecule has 0 spiro atoms. The summed E-state index contributed by atoms with van der Waals surface area (Å²) in [6.45, 7) is -0.00736. The highest BCUT2D eigenvalue weighted by molar-refractivity contribution is 9.10. The molecule has 0 atom stereocenters. The topological polar surface area (TPSA) is 69.3 Å². The first-order valence-corrected chi connectivity index (χ1v) is 10.3. The van der Waals surface area contributed by atoms with Crippen LogP contribution >= 0.6 is 15.9 Å². The number of aliphatic carboxylic acids is 1. The Morgan fingerprint density at radius 2 is 1.88 bits per heavy atom. The predicted octanol–water partition coefficient (Wildman–Crippen LogP) is 5.49. The van der Waals surface area contributed by atoms with Crippen LogP contribution in [0.3, 0.4) is 0 Å². The molecule has 0 saturated carbocycles. The molecule has 0 amide bonds. The van der Waals surface area contributed by atoms with Gasteiger partial charge in [-0.05, 0) is 51.6 Å². The number of carboxylic acids is 1. The number of alkyl halides is 3. The van der Waals surface area contributed by atoms with Crippen molar-refractivity contribution in [1.82, 2.24) is 14.3 Å². The Morgan fingerprint density at radius 3 is 2.53 bits per heavy atom. The maximum atomic E-state index is 12.8. The molecular weight excluding hydrogens is 491 g/mol. The normalized spacial score (nSPS) is 11.8. The van der Waals surface area contributed by atoms with Crippen LogP contribution in [0.4, 0.5) is 13.2 Å². The second-order valence-electron chi connectivity index (χ2n) is 7.15. The highest BCUT2D eigenvalue weighted by atomic mass is 79.9. The van der Waals surface area contributed by atoms with Crippen LogP contribution in [0.2, 0.25) is 0 Å². The predicted molar refractivity (Wildman–Crippen MR) is 115 cm³/mol. The Hall–Kier alpha value is -3.27. The Labute approximate surface area is 189 Å². The van der Waals surface area contributed by atoms with Gasteiger partial charge in [-0.3, -0.25) is 9.48 Å². The number of hydrogen-bond acceptors (Lipinski definition) is 3. The fourth-order valence-electron chi connectivity index (χ4n) is 3.38. The van der Waals surface area contributed by atoms with Gasteiger partial charge in [-0.25, -0.2) is 0 Å². The van der Waals surface area contributed by atoms with Crippen molar-refractivity contribution in [2.45, 2.75) is 19.3 Å². The van der Waals surface area contributed by atoms with Gasteiger partial charge in [0, 0.05) is 24.9 Å². The minimum Gasteiger partial charge on any atom is -0.487 e. The summed E-state index contributed by atoms with van der Waals surface area (Å²) in [5.41, 5.74) is 1.76. The number of benzene rings is 2. The molecule has 2 heterocycles. The van der Waals surface area contributed by atoms with Gasteiger partial charge in [0.15, 0.2) is 0 Å². The number of nitrogens with zero attached hydrogens (tertiary/aromatic N) is 3. The number of carboxylic acid groups (broad SMARTS) is 1. The lowest BCUT2D eigenvalue weighted by Crippen LogP contribution is -2.07. The third-order valence-corrected chi connectivity index (χ3v) is 5.85. The number of fused-ring (bicyclic) bond motifs is 1. The summed E-state index contributed by atoms with van der Waals surface area (Å²) in [6.07, 6.45) is -2.69. The van der Waals surface area contributed by atoms with Crippen molar-refractivity contribution in [3.8, 4) is 17.0 Å². The molecule has 0 aliphatic heterocycles. The van der Waals surface area contributed by atoms with Crippen molar-refractivity contribution < 1.29 is 27.8 Å². The molecule has 166 valence electrons. The molecule has 0 saturated heterocycles. The van der Waals surface area contributed by atoms with Gasteiger partial charge in [-0.1, -0.05) is 12.1 Å². The minimum absolute atomic E-state index is 0.149. The SMILES string of the molecule is Cn1nc(-c2ccc(C(F)(F)F)cc2)c(Br)c1COc1ccc2ccn(CC(=O)O)c2c1. The molecular formula is C22H17BrF3N3O3. The summed E-state index contributed by atoms with van der Waals surface area (Å²) >= 11 is 3.49. The van der Waals surface area contributed by atoms with E-state index in [0.29, 0.717) is 27.2 Å². The van der Waals surface area contributed by atoms with Gasteiger partial charge in [0.25, 0.3) is 0 Å². The maximum absolute atomic E-state index is 12.8. The molecule has 0 aliphatic rings. The van der Waals surface area contributed by atoms with E-state index in [1.165, 1.54) is 12.1 Å². The highest BCUT2D eigenvalue weighted by Gasteiger charge is 2.30. The van der Waals surface area contributed by atoms with Gasteiger partial charge in [0.1, 0.15) is 24.6 Å². The van der Waals surface area contributed by atoms with Crippen LogP contribution in [0, 0.1) is 0 Å². The van der Waals surface area contributed by atoms with Crippen molar-refractivity contribution in [1.29, 1.82) is 0 Å². The zero-order valence-electron chi connectivity index (χ0n) is 16.7. The van der Waals surface area contributed by atoms with Crippen LogP contribution in [-0.2, 0) is 31.2 Å². The van der Waals surface area contributed by atoms with Crippen LogP contribution in [-0.4, -0.2) is 25.4 Å². The molecule has 32 heavy (non-hydrogen) atoms.